The molecule has 0 aromatic carbocycles. The van der Waals surface area contributed by atoms with Crippen LogP contribution in [0.2, 0.25) is 0 Å². The number of hydrogen-bond donors (Lipinski definition) is 2. The molecule has 0 atom stereocenters. The van der Waals surface area contributed by atoms with Gasteiger partial charge in [0.05, 0.1) is 0 Å². The summed E-state index contributed by atoms with van der Waals surface area (Å²) in [7, 11) is -3.54. The zero-order chi connectivity index (χ0) is 10.8. The van der Waals surface area contributed by atoms with E-state index in [2.05, 4.69) is 0 Å². The first-order valence-corrected chi connectivity index (χ1v) is 6.50. The minimum absolute atomic E-state index is 0.0507. The predicted octanol–water partition coefficient (Wildman–Crippen LogP) is -0.218. The van der Waals surface area contributed by atoms with Crippen molar-refractivity contribution in [1.29, 1.82) is 0 Å². The van der Waals surface area contributed by atoms with Gasteiger partial charge in [-0.2, -0.15) is 12.7 Å². The lowest BCUT2D eigenvalue weighted by atomic mass is 9.92. The molecule has 84 valence electrons. The van der Waals surface area contributed by atoms with Crippen molar-refractivity contribution in [2.24, 2.45) is 10.9 Å². The van der Waals surface area contributed by atoms with Crippen molar-refractivity contribution >= 4 is 10.2 Å². The number of nitrogens with zero attached hydrogens (tertiary/aromatic N) is 1. The van der Waals surface area contributed by atoms with E-state index in [0.29, 0.717) is 6.54 Å². The summed E-state index contributed by atoms with van der Waals surface area (Å²) in [5.74, 6) is 0. The van der Waals surface area contributed by atoms with E-state index < -0.39 is 10.2 Å². The molecule has 1 aliphatic rings. The van der Waals surface area contributed by atoms with Gasteiger partial charge in [0.2, 0.25) is 0 Å². The summed E-state index contributed by atoms with van der Waals surface area (Å²) in [6, 6.07) is 0.278. The molecule has 0 bridgehead atoms. The summed E-state index contributed by atoms with van der Waals surface area (Å²) in [4.78, 5) is 0. The largest absolute Gasteiger partial charge is 0.328 e. The molecule has 0 aromatic heterocycles. The van der Waals surface area contributed by atoms with Gasteiger partial charge in [0, 0.05) is 18.6 Å². The highest BCUT2D eigenvalue weighted by Crippen LogP contribution is 2.22. The first-order chi connectivity index (χ1) is 6.45. The lowest BCUT2D eigenvalue weighted by Gasteiger charge is -2.33. The van der Waals surface area contributed by atoms with E-state index in [1.807, 2.05) is 0 Å². The Hall–Kier alpha value is -0.170. The topological polar surface area (TPSA) is 89.4 Å². The van der Waals surface area contributed by atoms with E-state index in [1.165, 1.54) is 4.31 Å². The van der Waals surface area contributed by atoms with Gasteiger partial charge in [-0.15, -0.1) is 0 Å². The smallest absolute Gasteiger partial charge is 0.277 e. The molecule has 1 rings (SSSR count). The van der Waals surface area contributed by atoms with E-state index in [1.54, 1.807) is 6.92 Å². The second-order valence-corrected chi connectivity index (χ2v) is 5.32. The van der Waals surface area contributed by atoms with Crippen LogP contribution >= 0.6 is 0 Å². The van der Waals surface area contributed by atoms with Gasteiger partial charge in [-0.3, -0.25) is 0 Å². The third kappa shape index (κ3) is 2.91. The SMILES string of the molecule is CCN(C1CCC(N)CC1)S(N)(=O)=O. The second kappa shape index (κ2) is 4.57. The van der Waals surface area contributed by atoms with Gasteiger partial charge in [0.25, 0.3) is 10.2 Å². The summed E-state index contributed by atoms with van der Waals surface area (Å²) in [6.07, 6.45) is 3.42. The Morgan fingerprint density at radius 1 is 1.29 bits per heavy atom. The third-order valence-electron chi connectivity index (χ3n) is 2.79. The first kappa shape index (κ1) is 11.9. The van der Waals surface area contributed by atoms with Crippen molar-refractivity contribution in [2.45, 2.75) is 44.7 Å². The summed E-state index contributed by atoms with van der Waals surface area (Å²) in [5, 5.41) is 5.12. The van der Waals surface area contributed by atoms with Crippen LogP contribution in [0.15, 0.2) is 0 Å². The standard InChI is InChI=1S/C8H19N3O2S/c1-2-11(14(10,12)13)8-5-3-7(9)4-6-8/h7-8H,2-6,9H2,1H3,(H2,10,12,13). The zero-order valence-corrected chi connectivity index (χ0v) is 9.33. The highest BCUT2D eigenvalue weighted by atomic mass is 32.2. The van der Waals surface area contributed by atoms with Gasteiger partial charge >= 0.3 is 0 Å². The van der Waals surface area contributed by atoms with Gasteiger partial charge in [0.15, 0.2) is 0 Å². The quantitative estimate of drug-likeness (QED) is 0.690. The van der Waals surface area contributed by atoms with E-state index in [-0.39, 0.29) is 12.1 Å². The first-order valence-electron chi connectivity index (χ1n) is 5.00. The molecule has 1 fully saturated rings. The molecule has 0 saturated heterocycles. The van der Waals surface area contributed by atoms with Crippen LogP contribution in [0.25, 0.3) is 0 Å². The van der Waals surface area contributed by atoms with Crippen LogP contribution < -0.4 is 10.9 Å². The summed E-state index contributed by atoms with van der Waals surface area (Å²) in [5.41, 5.74) is 5.75. The fourth-order valence-corrected chi connectivity index (χ4v) is 3.02. The third-order valence-corrected chi connectivity index (χ3v) is 4.00. The van der Waals surface area contributed by atoms with Crippen molar-refractivity contribution in [3.63, 3.8) is 0 Å². The molecule has 0 aliphatic heterocycles. The maximum atomic E-state index is 11.2. The highest BCUT2D eigenvalue weighted by Gasteiger charge is 2.28. The predicted molar refractivity (Wildman–Crippen MR) is 55.7 cm³/mol. The number of nitrogens with two attached hydrogens (primary N) is 2. The van der Waals surface area contributed by atoms with Gasteiger partial charge in [-0.05, 0) is 25.7 Å². The Kier molecular flexibility index (Phi) is 3.88. The Morgan fingerprint density at radius 3 is 2.14 bits per heavy atom. The highest BCUT2D eigenvalue weighted by molar-refractivity contribution is 7.86. The number of rotatable bonds is 3. The average molecular weight is 221 g/mol. The minimum Gasteiger partial charge on any atom is -0.328 e. The monoisotopic (exact) mass is 221 g/mol. The molecular weight excluding hydrogens is 202 g/mol. The molecular formula is C8H19N3O2S. The van der Waals surface area contributed by atoms with Gasteiger partial charge < -0.3 is 5.73 Å². The second-order valence-electron chi connectivity index (χ2n) is 3.82. The molecule has 0 spiro atoms. The maximum absolute atomic E-state index is 11.2. The van der Waals surface area contributed by atoms with Crippen molar-refractivity contribution < 1.29 is 8.42 Å². The Morgan fingerprint density at radius 2 is 1.79 bits per heavy atom. The Balaban J connectivity index is 2.63. The molecule has 0 heterocycles. The van der Waals surface area contributed by atoms with Crippen molar-refractivity contribution in [2.75, 3.05) is 6.54 Å². The molecule has 0 amide bonds. The van der Waals surface area contributed by atoms with Crippen LogP contribution in [0.4, 0.5) is 0 Å². The normalized spacial score (nSPS) is 29.4. The van der Waals surface area contributed by atoms with E-state index in [0.717, 1.165) is 25.7 Å². The molecule has 6 heteroatoms. The summed E-state index contributed by atoms with van der Waals surface area (Å²) < 4.78 is 23.8. The van der Waals surface area contributed by atoms with Gasteiger partial charge in [0.1, 0.15) is 0 Å². The fraction of sp³-hybridized carbons (Fsp3) is 1.00. The van der Waals surface area contributed by atoms with Crippen LogP contribution in [-0.4, -0.2) is 31.4 Å². The Labute approximate surface area is 85.6 Å². The molecule has 4 N–H and O–H groups in total. The van der Waals surface area contributed by atoms with E-state index >= 15 is 0 Å². The van der Waals surface area contributed by atoms with Crippen LogP contribution in [0.3, 0.4) is 0 Å². The zero-order valence-electron chi connectivity index (χ0n) is 8.52. The van der Waals surface area contributed by atoms with Crippen LogP contribution in [-0.2, 0) is 10.2 Å². The molecule has 0 radical (unpaired) electrons. The van der Waals surface area contributed by atoms with E-state index in [9.17, 15) is 8.42 Å². The molecule has 0 unspecified atom stereocenters. The fourth-order valence-electron chi connectivity index (χ4n) is 2.04. The van der Waals surface area contributed by atoms with Gasteiger partial charge in [-0.1, -0.05) is 6.92 Å². The summed E-state index contributed by atoms with van der Waals surface area (Å²) in [6.45, 7) is 2.25. The van der Waals surface area contributed by atoms with Crippen molar-refractivity contribution in [3.8, 4) is 0 Å². The van der Waals surface area contributed by atoms with Crippen LogP contribution in [0, 0.1) is 0 Å². The Bertz CT molecular complexity index is 270. The van der Waals surface area contributed by atoms with Crippen molar-refractivity contribution in [1.82, 2.24) is 4.31 Å². The van der Waals surface area contributed by atoms with Crippen molar-refractivity contribution in [3.05, 3.63) is 0 Å². The lowest BCUT2D eigenvalue weighted by Crippen LogP contribution is -2.46. The number of hydrogen-bond acceptors (Lipinski definition) is 3. The molecule has 1 saturated carbocycles. The molecule has 0 aromatic rings. The molecule has 14 heavy (non-hydrogen) atoms. The average Bonchev–Trinajstić information content (AvgIpc) is 2.07. The lowest BCUT2D eigenvalue weighted by molar-refractivity contribution is 0.247. The van der Waals surface area contributed by atoms with Gasteiger partial charge in [-0.25, -0.2) is 5.14 Å². The van der Waals surface area contributed by atoms with Crippen LogP contribution in [0.1, 0.15) is 32.6 Å². The molecule has 5 nitrogen and oxygen atoms in total. The van der Waals surface area contributed by atoms with Crippen LogP contribution in [0.5, 0.6) is 0 Å². The van der Waals surface area contributed by atoms with E-state index in [4.69, 9.17) is 10.9 Å². The maximum Gasteiger partial charge on any atom is 0.277 e. The minimum atomic E-state index is -3.54. The molecule has 1 aliphatic carbocycles. The summed E-state index contributed by atoms with van der Waals surface area (Å²) >= 11 is 0.